The van der Waals surface area contributed by atoms with Crippen LogP contribution in [-0.2, 0) is 14.3 Å². The molecule has 0 bridgehead atoms. The van der Waals surface area contributed by atoms with E-state index >= 15 is 0 Å². The van der Waals surface area contributed by atoms with Crippen LogP contribution in [0.4, 0.5) is 0 Å². The van der Waals surface area contributed by atoms with Crippen LogP contribution in [0.1, 0.15) is 6.92 Å². The maximum absolute atomic E-state index is 11.5. The van der Waals surface area contributed by atoms with Gasteiger partial charge in [0.2, 0.25) is 0 Å². The van der Waals surface area contributed by atoms with E-state index in [1.807, 2.05) is 0 Å². The van der Waals surface area contributed by atoms with Crippen LogP contribution in [0, 0.1) is 0 Å². The zero-order chi connectivity index (χ0) is 11.2. The molecule has 1 heterocycles. The first-order chi connectivity index (χ1) is 7.07. The first-order valence-corrected chi connectivity index (χ1v) is 5.34. The SMILES string of the molecule is C/C=C(\Br)[C@@]12O[C@@H]1C(=O)C=C(OC)[C@H]2O. The van der Waals surface area contributed by atoms with E-state index < -0.39 is 17.8 Å². The molecule has 1 saturated heterocycles. The Morgan fingerprint density at radius 1 is 1.80 bits per heavy atom. The fourth-order valence-electron chi connectivity index (χ4n) is 1.85. The molecule has 1 aliphatic carbocycles. The number of aliphatic hydroxyl groups is 1. The molecule has 1 N–H and O–H groups in total. The van der Waals surface area contributed by atoms with Crippen molar-refractivity contribution in [2.24, 2.45) is 0 Å². The molecule has 15 heavy (non-hydrogen) atoms. The number of carbonyl (C=O) groups excluding carboxylic acids is 1. The quantitative estimate of drug-likeness (QED) is 0.760. The number of hydrogen-bond acceptors (Lipinski definition) is 4. The zero-order valence-corrected chi connectivity index (χ0v) is 9.95. The Labute approximate surface area is 95.7 Å². The molecule has 1 aliphatic heterocycles. The van der Waals surface area contributed by atoms with Crippen LogP contribution in [0.25, 0.3) is 0 Å². The highest BCUT2D eigenvalue weighted by Gasteiger charge is 2.69. The van der Waals surface area contributed by atoms with Crippen molar-refractivity contribution >= 4 is 21.7 Å². The van der Waals surface area contributed by atoms with Gasteiger partial charge in [-0.05, 0) is 6.92 Å². The molecule has 0 aromatic heterocycles. The van der Waals surface area contributed by atoms with Crippen molar-refractivity contribution in [3.8, 4) is 0 Å². The van der Waals surface area contributed by atoms with Crippen molar-refractivity contribution in [1.82, 2.24) is 0 Å². The largest absolute Gasteiger partial charge is 0.498 e. The summed E-state index contributed by atoms with van der Waals surface area (Å²) < 4.78 is 11.0. The molecular weight excluding hydrogens is 264 g/mol. The van der Waals surface area contributed by atoms with Crippen LogP contribution < -0.4 is 0 Å². The molecular formula is C10H11BrO4. The highest BCUT2D eigenvalue weighted by Crippen LogP contribution is 2.52. The highest BCUT2D eigenvalue weighted by atomic mass is 79.9. The summed E-state index contributed by atoms with van der Waals surface area (Å²) in [6, 6.07) is 0. The standard InChI is InChI=1S/C10H11BrO4/c1-3-7(11)10-8(13)6(14-2)4-5(12)9(10)15-10/h3-4,8-9,13H,1-2H3/b7-3-/t8-,9-,10+/m1/s1. The van der Waals surface area contributed by atoms with Gasteiger partial charge >= 0.3 is 0 Å². The molecule has 0 saturated carbocycles. The molecule has 0 amide bonds. The predicted octanol–water partition coefficient (Wildman–Crippen LogP) is 0.897. The van der Waals surface area contributed by atoms with Crippen molar-refractivity contribution in [3.05, 3.63) is 22.4 Å². The van der Waals surface area contributed by atoms with E-state index in [0.29, 0.717) is 4.48 Å². The zero-order valence-electron chi connectivity index (χ0n) is 8.36. The maximum atomic E-state index is 11.5. The molecule has 0 aromatic carbocycles. The summed E-state index contributed by atoms with van der Waals surface area (Å²) in [5.41, 5.74) is -0.952. The Balaban J connectivity index is 2.41. The Bertz CT molecular complexity index is 374. The molecule has 0 aromatic rings. The van der Waals surface area contributed by atoms with Crippen LogP contribution in [0.2, 0.25) is 0 Å². The van der Waals surface area contributed by atoms with Gasteiger partial charge in [0.05, 0.1) is 7.11 Å². The molecule has 4 nitrogen and oxygen atoms in total. The summed E-state index contributed by atoms with van der Waals surface area (Å²) in [6.07, 6.45) is 1.53. The van der Waals surface area contributed by atoms with Crippen molar-refractivity contribution in [2.75, 3.05) is 7.11 Å². The van der Waals surface area contributed by atoms with Crippen LogP contribution in [-0.4, -0.2) is 35.8 Å². The van der Waals surface area contributed by atoms with E-state index in [1.165, 1.54) is 13.2 Å². The number of halogens is 1. The lowest BCUT2D eigenvalue weighted by Gasteiger charge is -2.23. The maximum Gasteiger partial charge on any atom is 0.191 e. The first-order valence-electron chi connectivity index (χ1n) is 4.55. The monoisotopic (exact) mass is 274 g/mol. The number of ketones is 1. The molecule has 0 radical (unpaired) electrons. The number of aliphatic hydroxyl groups excluding tert-OH is 1. The van der Waals surface area contributed by atoms with Crippen LogP contribution in [0.5, 0.6) is 0 Å². The van der Waals surface area contributed by atoms with E-state index in [1.54, 1.807) is 13.0 Å². The second kappa shape index (κ2) is 3.43. The predicted molar refractivity (Wildman–Crippen MR) is 56.4 cm³/mol. The third-order valence-electron chi connectivity index (χ3n) is 2.73. The van der Waals surface area contributed by atoms with E-state index in [-0.39, 0.29) is 11.5 Å². The van der Waals surface area contributed by atoms with Gasteiger partial charge in [-0.15, -0.1) is 0 Å². The lowest BCUT2D eigenvalue weighted by molar-refractivity contribution is -0.116. The minimum absolute atomic E-state index is 0.170. The number of allylic oxidation sites excluding steroid dienone is 1. The molecule has 2 aliphatic rings. The first kappa shape index (κ1) is 10.9. The molecule has 82 valence electrons. The Kier molecular flexibility index (Phi) is 2.48. The number of epoxide rings is 1. The second-order valence-corrected chi connectivity index (χ2v) is 4.34. The Hall–Kier alpha value is -0.650. The van der Waals surface area contributed by atoms with Gasteiger partial charge < -0.3 is 14.6 Å². The lowest BCUT2D eigenvalue weighted by atomic mass is 9.89. The lowest BCUT2D eigenvalue weighted by Crippen LogP contribution is -2.40. The normalized spacial score (nSPS) is 39.6. The van der Waals surface area contributed by atoms with Gasteiger partial charge in [-0.3, -0.25) is 4.79 Å². The van der Waals surface area contributed by atoms with Crippen LogP contribution in [0.15, 0.2) is 22.4 Å². The van der Waals surface area contributed by atoms with Crippen molar-refractivity contribution in [1.29, 1.82) is 0 Å². The van der Waals surface area contributed by atoms with Gasteiger partial charge in [0.15, 0.2) is 17.5 Å². The molecule has 0 spiro atoms. The van der Waals surface area contributed by atoms with E-state index in [2.05, 4.69) is 15.9 Å². The fraction of sp³-hybridized carbons (Fsp3) is 0.500. The number of rotatable bonds is 2. The Morgan fingerprint density at radius 2 is 2.47 bits per heavy atom. The van der Waals surface area contributed by atoms with E-state index in [4.69, 9.17) is 9.47 Å². The summed E-state index contributed by atoms with van der Waals surface area (Å²) in [5.74, 6) is 0.0727. The van der Waals surface area contributed by atoms with Gasteiger partial charge in [-0.1, -0.05) is 22.0 Å². The number of fused-ring (bicyclic) bond motifs is 1. The van der Waals surface area contributed by atoms with Gasteiger partial charge in [0.25, 0.3) is 0 Å². The minimum Gasteiger partial charge on any atom is -0.498 e. The summed E-state index contributed by atoms with van der Waals surface area (Å²) in [5, 5.41) is 10.0. The summed E-state index contributed by atoms with van der Waals surface area (Å²) in [7, 11) is 1.42. The van der Waals surface area contributed by atoms with Crippen LogP contribution in [0.3, 0.4) is 0 Å². The van der Waals surface area contributed by atoms with Gasteiger partial charge in [0, 0.05) is 10.6 Å². The van der Waals surface area contributed by atoms with Crippen LogP contribution >= 0.6 is 15.9 Å². The number of carbonyl (C=O) groups is 1. The second-order valence-electron chi connectivity index (χ2n) is 3.48. The van der Waals surface area contributed by atoms with E-state index in [0.717, 1.165) is 0 Å². The van der Waals surface area contributed by atoms with Crippen molar-refractivity contribution in [3.63, 3.8) is 0 Å². The van der Waals surface area contributed by atoms with Crippen molar-refractivity contribution < 1.29 is 19.4 Å². The van der Waals surface area contributed by atoms with Gasteiger partial charge in [-0.25, -0.2) is 0 Å². The molecule has 0 unspecified atom stereocenters. The van der Waals surface area contributed by atoms with E-state index in [9.17, 15) is 9.90 Å². The van der Waals surface area contributed by atoms with Crippen molar-refractivity contribution in [2.45, 2.75) is 24.7 Å². The Morgan fingerprint density at radius 3 is 3.00 bits per heavy atom. The third kappa shape index (κ3) is 1.30. The number of ether oxygens (including phenoxy) is 2. The average molecular weight is 275 g/mol. The number of hydrogen-bond donors (Lipinski definition) is 1. The topological polar surface area (TPSA) is 59.1 Å². The summed E-state index contributed by atoms with van der Waals surface area (Å²) in [4.78, 5) is 11.5. The minimum atomic E-state index is -0.952. The van der Waals surface area contributed by atoms with Gasteiger partial charge in [0.1, 0.15) is 11.9 Å². The highest BCUT2D eigenvalue weighted by molar-refractivity contribution is 9.11. The average Bonchev–Trinajstić information content (AvgIpc) is 2.99. The summed E-state index contributed by atoms with van der Waals surface area (Å²) >= 11 is 3.30. The summed E-state index contributed by atoms with van der Waals surface area (Å²) in [6.45, 7) is 1.81. The van der Waals surface area contributed by atoms with Gasteiger partial charge in [-0.2, -0.15) is 0 Å². The molecule has 1 fully saturated rings. The molecule has 2 rings (SSSR count). The molecule has 5 heteroatoms. The third-order valence-corrected chi connectivity index (χ3v) is 3.80. The smallest absolute Gasteiger partial charge is 0.191 e. The number of methoxy groups -OCH3 is 1. The molecule has 3 atom stereocenters. The fourth-order valence-corrected chi connectivity index (χ4v) is 2.37.